The van der Waals surface area contributed by atoms with Gasteiger partial charge < -0.3 is 9.64 Å². The van der Waals surface area contributed by atoms with Crippen molar-refractivity contribution in [3.8, 4) is 5.88 Å². The van der Waals surface area contributed by atoms with Crippen LogP contribution in [0.5, 0.6) is 5.88 Å². The smallest absolute Gasteiger partial charge is 0.422 e. The van der Waals surface area contributed by atoms with Gasteiger partial charge in [0.05, 0.1) is 18.8 Å². The Hall–Kier alpha value is -2.35. The van der Waals surface area contributed by atoms with Crippen molar-refractivity contribution < 1.29 is 22.7 Å². The number of aromatic nitrogens is 2. The highest BCUT2D eigenvalue weighted by atomic mass is 35.5. The SMILES string of the molecule is O=C1c2ccnc(Cl)c2CN1Cc1cccc(OCC(F)(F)F)n1. The number of nitrogens with zero attached hydrogens (tertiary/aromatic N) is 3. The molecule has 0 saturated carbocycles. The maximum atomic E-state index is 12.3. The molecular weight excluding hydrogens is 347 g/mol. The number of hydrogen-bond acceptors (Lipinski definition) is 4. The van der Waals surface area contributed by atoms with Crippen LogP contribution in [-0.2, 0) is 13.1 Å². The highest BCUT2D eigenvalue weighted by Gasteiger charge is 2.30. The zero-order valence-corrected chi connectivity index (χ0v) is 12.9. The van der Waals surface area contributed by atoms with Gasteiger partial charge in [-0.15, -0.1) is 0 Å². The van der Waals surface area contributed by atoms with Crippen molar-refractivity contribution in [2.75, 3.05) is 6.61 Å². The van der Waals surface area contributed by atoms with E-state index in [4.69, 9.17) is 11.6 Å². The normalized spacial score (nSPS) is 14.0. The predicted octanol–water partition coefficient (Wildman–Crippen LogP) is 3.23. The maximum absolute atomic E-state index is 12.3. The first-order chi connectivity index (χ1) is 11.3. The molecule has 2 aromatic heterocycles. The molecule has 2 aromatic rings. The first kappa shape index (κ1) is 16.5. The monoisotopic (exact) mass is 357 g/mol. The third kappa shape index (κ3) is 3.59. The molecule has 0 N–H and O–H groups in total. The predicted molar refractivity (Wildman–Crippen MR) is 78.6 cm³/mol. The van der Waals surface area contributed by atoms with Gasteiger partial charge in [0.15, 0.2) is 6.61 Å². The third-order valence-electron chi connectivity index (χ3n) is 3.39. The van der Waals surface area contributed by atoms with E-state index in [9.17, 15) is 18.0 Å². The Bertz CT molecular complexity index is 783. The van der Waals surface area contributed by atoms with E-state index in [2.05, 4.69) is 14.7 Å². The van der Waals surface area contributed by atoms with Gasteiger partial charge >= 0.3 is 6.18 Å². The van der Waals surface area contributed by atoms with Gasteiger partial charge in [-0.05, 0) is 12.1 Å². The highest BCUT2D eigenvalue weighted by molar-refractivity contribution is 6.30. The van der Waals surface area contributed by atoms with Crippen LogP contribution in [0.25, 0.3) is 0 Å². The van der Waals surface area contributed by atoms with Gasteiger partial charge in [-0.2, -0.15) is 13.2 Å². The molecule has 0 aromatic carbocycles. The maximum Gasteiger partial charge on any atom is 0.422 e. The summed E-state index contributed by atoms with van der Waals surface area (Å²) in [6, 6.07) is 6.04. The fraction of sp³-hybridized carbons (Fsp3) is 0.267. The van der Waals surface area contributed by atoms with Crippen LogP contribution in [0, 0.1) is 0 Å². The number of hydrogen-bond donors (Lipinski definition) is 0. The minimum Gasteiger partial charge on any atom is -0.468 e. The number of fused-ring (bicyclic) bond motifs is 1. The number of halogens is 4. The van der Waals surface area contributed by atoms with Crippen molar-refractivity contribution in [1.29, 1.82) is 0 Å². The van der Waals surface area contributed by atoms with Gasteiger partial charge in [0, 0.05) is 23.4 Å². The summed E-state index contributed by atoms with van der Waals surface area (Å²) in [4.78, 5) is 21.7. The van der Waals surface area contributed by atoms with Crippen LogP contribution >= 0.6 is 11.6 Å². The summed E-state index contributed by atoms with van der Waals surface area (Å²) in [5.41, 5.74) is 1.52. The molecule has 126 valence electrons. The van der Waals surface area contributed by atoms with Crippen molar-refractivity contribution in [2.24, 2.45) is 0 Å². The quantitative estimate of drug-likeness (QED) is 0.788. The van der Waals surface area contributed by atoms with Gasteiger partial charge in [0.2, 0.25) is 5.88 Å². The minimum absolute atomic E-state index is 0.132. The van der Waals surface area contributed by atoms with Gasteiger partial charge in [0.1, 0.15) is 5.15 Å². The molecule has 3 rings (SSSR count). The molecule has 1 amide bonds. The lowest BCUT2D eigenvalue weighted by Gasteiger charge is -2.15. The van der Waals surface area contributed by atoms with Crippen LogP contribution in [0.3, 0.4) is 0 Å². The van der Waals surface area contributed by atoms with Gasteiger partial charge in [-0.3, -0.25) is 4.79 Å². The molecule has 0 spiro atoms. The number of amides is 1. The van der Waals surface area contributed by atoms with E-state index in [1.807, 2.05) is 0 Å². The van der Waals surface area contributed by atoms with Crippen LogP contribution in [0.1, 0.15) is 21.6 Å². The average Bonchev–Trinajstić information content (AvgIpc) is 2.83. The lowest BCUT2D eigenvalue weighted by atomic mass is 10.2. The lowest BCUT2D eigenvalue weighted by molar-refractivity contribution is -0.154. The van der Waals surface area contributed by atoms with E-state index < -0.39 is 12.8 Å². The molecular formula is C15H11ClF3N3O2. The Labute approximate surface area is 140 Å². The number of ether oxygens (including phenoxy) is 1. The zero-order valence-electron chi connectivity index (χ0n) is 12.2. The fourth-order valence-corrected chi connectivity index (χ4v) is 2.57. The first-order valence-electron chi connectivity index (χ1n) is 6.91. The van der Waals surface area contributed by atoms with E-state index >= 15 is 0 Å². The van der Waals surface area contributed by atoms with Crippen LogP contribution < -0.4 is 4.74 Å². The lowest BCUT2D eigenvalue weighted by Crippen LogP contribution is -2.24. The summed E-state index contributed by atoms with van der Waals surface area (Å²) in [5.74, 6) is -0.369. The van der Waals surface area contributed by atoms with E-state index in [0.29, 0.717) is 16.8 Å². The minimum atomic E-state index is -4.44. The zero-order chi connectivity index (χ0) is 17.3. The first-order valence-corrected chi connectivity index (χ1v) is 7.29. The van der Waals surface area contributed by atoms with Crippen molar-refractivity contribution in [3.05, 3.63) is 52.4 Å². The van der Waals surface area contributed by atoms with Crippen LogP contribution in [0.2, 0.25) is 5.15 Å². The topological polar surface area (TPSA) is 55.3 Å². The van der Waals surface area contributed by atoms with E-state index in [-0.39, 0.29) is 30.0 Å². The largest absolute Gasteiger partial charge is 0.468 e. The molecule has 0 saturated heterocycles. The van der Waals surface area contributed by atoms with Crippen molar-refractivity contribution in [1.82, 2.24) is 14.9 Å². The summed E-state index contributed by atoms with van der Waals surface area (Å²) in [6.45, 7) is -1.01. The van der Waals surface area contributed by atoms with E-state index in [1.165, 1.54) is 23.2 Å². The standard InChI is InChI=1S/C15H11ClF3N3O2/c16-13-11-7-22(14(23)10(11)4-5-20-13)6-9-2-1-3-12(21-9)24-8-15(17,18)19/h1-5H,6-8H2. The molecule has 1 aliphatic heterocycles. The third-order valence-corrected chi connectivity index (χ3v) is 3.71. The van der Waals surface area contributed by atoms with Crippen LogP contribution in [-0.4, -0.2) is 33.6 Å². The Morgan fingerprint density at radius 2 is 2.08 bits per heavy atom. The van der Waals surface area contributed by atoms with Crippen LogP contribution in [0.4, 0.5) is 13.2 Å². The van der Waals surface area contributed by atoms with E-state index in [1.54, 1.807) is 12.1 Å². The molecule has 1 aliphatic rings. The molecule has 0 radical (unpaired) electrons. The summed E-state index contributed by atoms with van der Waals surface area (Å²) in [5, 5.41) is 0.263. The number of carbonyl (C=O) groups is 1. The number of pyridine rings is 2. The second-order valence-electron chi connectivity index (χ2n) is 5.16. The second kappa shape index (κ2) is 6.27. The van der Waals surface area contributed by atoms with Gasteiger partial charge in [-0.1, -0.05) is 17.7 Å². The molecule has 5 nitrogen and oxygen atoms in total. The summed E-state index contributed by atoms with van der Waals surface area (Å²) >= 11 is 5.98. The molecule has 9 heteroatoms. The fourth-order valence-electron chi connectivity index (χ4n) is 2.36. The Morgan fingerprint density at radius 3 is 2.79 bits per heavy atom. The Kier molecular flexibility index (Phi) is 4.31. The number of alkyl halides is 3. The highest BCUT2D eigenvalue weighted by Crippen LogP contribution is 2.28. The molecule has 0 atom stereocenters. The molecule has 0 aliphatic carbocycles. The molecule has 3 heterocycles. The van der Waals surface area contributed by atoms with Crippen molar-refractivity contribution in [3.63, 3.8) is 0 Å². The molecule has 0 unspecified atom stereocenters. The Balaban J connectivity index is 1.71. The summed E-state index contributed by atoms with van der Waals surface area (Å²) in [6.07, 6.45) is -2.99. The van der Waals surface area contributed by atoms with Crippen molar-refractivity contribution >= 4 is 17.5 Å². The second-order valence-corrected chi connectivity index (χ2v) is 5.52. The molecule has 24 heavy (non-hydrogen) atoms. The Morgan fingerprint density at radius 1 is 1.29 bits per heavy atom. The van der Waals surface area contributed by atoms with Crippen molar-refractivity contribution in [2.45, 2.75) is 19.3 Å². The summed E-state index contributed by atoms with van der Waals surface area (Å²) in [7, 11) is 0. The molecule has 0 bridgehead atoms. The van der Waals surface area contributed by atoms with E-state index in [0.717, 1.165) is 0 Å². The number of rotatable bonds is 4. The van der Waals surface area contributed by atoms with Crippen LogP contribution in [0.15, 0.2) is 30.5 Å². The molecule has 0 fully saturated rings. The summed E-state index contributed by atoms with van der Waals surface area (Å²) < 4.78 is 41.2. The van der Waals surface area contributed by atoms with Gasteiger partial charge in [-0.25, -0.2) is 9.97 Å². The number of carbonyl (C=O) groups excluding carboxylic acids is 1. The average molecular weight is 358 g/mol. The van der Waals surface area contributed by atoms with Gasteiger partial charge in [0.25, 0.3) is 5.91 Å².